The maximum Gasteiger partial charge on any atom is 0.324 e. The Hall–Kier alpha value is -1.19. The van der Waals surface area contributed by atoms with Gasteiger partial charge in [-0.1, -0.05) is 84.0 Å². The van der Waals surface area contributed by atoms with E-state index in [4.69, 9.17) is 4.74 Å². The summed E-state index contributed by atoms with van der Waals surface area (Å²) in [5.74, 6) is -2.43. The summed E-state index contributed by atoms with van der Waals surface area (Å²) in [7, 11) is 0. The topological polar surface area (TPSA) is 60.4 Å². The van der Waals surface area contributed by atoms with Gasteiger partial charge in [-0.25, -0.2) is 0 Å². The van der Waals surface area contributed by atoms with Gasteiger partial charge in [0.1, 0.15) is 0 Å². The van der Waals surface area contributed by atoms with E-state index in [1.54, 1.807) is 0 Å². The van der Waals surface area contributed by atoms with Crippen molar-refractivity contribution in [1.82, 2.24) is 0 Å². The van der Waals surface area contributed by atoms with Crippen molar-refractivity contribution in [3.05, 3.63) is 0 Å². The third kappa shape index (κ3) is 8.64. The molecule has 0 aromatic heterocycles. The lowest BCUT2D eigenvalue weighted by molar-refractivity contribution is -0.146. The number of hydrogen-bond donors (Lipinski definition) is 0. The molecule has 1 aliphatic rings. The van der Waals surface area contributed by atoms with E-state index in [1.165, 1.54) is 71.1 Å². The SMILES string of the molecule is CCCCCCCCCCCCCCCC(=O)C1C(=O)OC(C)C1=O. The number of rotatable bonds is 15. The zero-order chi connectivity index (χ0) is 18.5. The van der Waals surface area contributed by atoms with E-state index in [2.05, 4.69) is 6.92 Å². The normalized spacial score (nSPS) is 20.1. The van der Waals surface area contributed by atoms with E-state index in [-0.39, 0.29) is 11.6 Å². The van der Waals surface area contributed by atoms with Gasteiger partial charge in [0.2, 0.25) is 0 Å². The van der Waals surface area contributed by atoms with Crippen molar-refractivity contribution in [1.29, 1.82) is 0 Å². The molecule has 0 radical (unpaired) electrons. The molecule has 4 nitrogen and oxygen atoms in total. The van der Waals surface area contributed by atoms with E-state index in [0.717, 1.165) is 19.3 Å². The lowest BCUT2D eigenvalue weighted by atomic mass is 9.94. The highest BCUT2D eigenvalue weighted by molar-refractivity contribution is 6.21. The number of Topliss-reactive ketones (excluding diaryl/α,β-unsaturated/α-hetero) is 2. The predicted molar refractivity (Wildman–Crippen MR) is 99.4 cm³/mol. The van der Waals surface area contributed by atoms with Gasteiger partial charge in [0, 0.05) is 6.42 Å². The Morgan fingerprint density at radius 3 is 1.64 bits per heavy atom. The largest absolute Gasteiger partial charge is 0.454 e. The van der Waals surface area contributed by atoms with Gasteiger partial charge in [-0.05, 0) is 13.3 Å². The second kappa shape index (κ2) is 13.1. The van der Waals surface area contributed by atoms with Crippen LogP contribution in [0.1, 0.15) is 104 Å². The predicted octanol–water partition coefficient (Wildman–Crippen LogP) is 5.17. The lowest BCUT2D eigenvalue weighted by Crippen LogP contribution is -2.27. The first kappa shape index (κ1) is 21.9. The van der Waals surface area contributed by atoms with E-state index in [9.17, 15) is 14.4 Å². The van der Waals surface area contributed by atoms with Crippen LogP contribution in [0.3, 0.4) is 0 Å². The zero-order valence-corrected chi connectivity index (χ0v) is 16.2. The van der Waals surface area contributed by atoms with Crippen LogP contribution < -0.4 is 0 Å². The van der Waals surface area contributed by atoms with Crippen molar-refractivity contribution < 1.29 is 19.1 Å². The standard InChI is InChI=1S/C21H36O4/c1-3-4-5-6-7-8-9-10-11-12-13-14-15-16-18(22)19-20(23)17(2)25-21(19)24/h17,19H,3-16H2,1-2H3. The number of ether oxygens (including phenoxy) is 1. The molecule has 0 bridgehead atoms. The average Bonchev–Trinajstić information content (AvgIpc) is 2.84. The maximum atomic E-state index is 12.0. The van der Waals surface area contributed by atoms with E-state index >= 15 is 0 Å². The van der Waals surface area contributed by atoms with Gasteiger partial charge in [0.25, 0.3) is 0 Å². The Morgan fingerprint density at radius 1 is 0.800 bits per heavy atom. The second-order valence-corrected chi connectivity index (χ2v) is 7.37. The van der Waals surface area contributed by atoms with E-state index in [1.807, 2.05) is 0 Å². The smallest absolute Gasteiger partial charge is 0.324 e. The molecule has 0 N–H and O–H groups in total. The van der Waals surface area contributed by atoms with Gasteiger partial charge in [0.05, 0.1) is 0 Å². The van der Waals surface area contributed by atoms with Crippen molar-refractivity contribution >= 4 is 17.5 Å². The summed E-state index contributed by atoms with van der Waals surface area (Å²) in [6.45, 7) is 3.78. The highest BCUT2D eigenvalue weighted by Gasteiger charge is 2.44. The monoisotopic (exact) mass is 352 g/mol. The minimum Gasteiger partial charge on any atom is -0.454 e. The number of unbranched alkanes of at least 4 members (excludes halogenated alkanes) is 12. The molecule has 1 heterocycles. The van der Waals surface area contributed by atoms with Crippen LogP contribution in [0.25, 0.3) is 0 Å². The van der Waals surface area contributed by atoms with Crippen LogP contribution in [-0.2, 0) is 19.1 Å². The van der Waals surface area contributed by atoms with Crippen LogP contribution in [0, 0.1) is 5.92 Å². The minimum absolute atomic E-state index is 0.262. The fraction of sp³-hybridized carbons (Fsp3) is 0.857. The zero-order valence-electron chi connectivity index (χ0n) is 16.2. The highest BCUT2D eigenvalue weighted by Crippen LogP contribution is 2.21. The number of cyclic esters (lactones) is 1. The van der Waals surface area contributed by atoms with Crippen LogP contribution in [-0.4, -0.2) is 23.6 Å². The molecule has 0 aromatic rings. The molecule has 1 fully saturated rings. The molecule has 1 rings (SSSR count). The van der Waals surface area contributed by atoms with Crippen molar-refractivity contribution in [2.75, 3.05) is 0 Å². The quantitative estimate of drug-likeness (QED) is 0.232. The Labute approximate surface area is 153 Å². The molecule has 0 aromatic carbocycles. The Balaban J connectivity index is 1.91. The van der Waals surface area contributed by atoms with Crippen molar-refractivity contribution in [3.8, 4) is 0 Å². The third-order valence-electron chi connectivity index (χ3n) is 5.06. The molecule has 0 spiro atoms. The van der Waals surface area contributed by atoms with Crippen molar-refractivity contribution in [3.63, 3.8) is 0 Å². The summed E-state index contributed by atoms with van der Waals surface area (Å²) in [6, 6.07) is 0. The summed E-state index contributed by atoms with van der Waals surface area (Å²) in [5.41, 5.74) is 0. The number of hydrogen-bond acceptors (Lipinski definition) is 4. The Morgan fingerprint density at radius 2 is 1.24 bits per heavy atom. The first-order valence-electron chi connectivity index (χ1n) is 10.3. The molecule has 2 unspecified atom stereocenters. The van der Waals surface area contributed by atoms with Crippen LogP contribution in [0.2, 0.25) is 0 Å². The molecule has 25 heavy (non-hydrogen) atoms. The fourth-order valence-corrected chi connectivity index (χ4v) is 3.40. The van der Waals surface area contributed by atoms with Gasteiger partial charge < -0.3 is 4.74 Å². The Kier molecular flexibility index (Phi) is 11.4. The number of carbonyl (C=O) groups is 3. The first-order valence-corrected chi connectivity index (χ1v) is 10.3. The van der Waals surface area contributed by atoms with Gasteiger partial charge in [-0.2, -0.15) is 0 Å². The maximum absolute atomic E-state index is 12.0. The second-order valence-electron chi connectivity index (χ2n) is 7.37. The van der Waals surface area contributed by atoms with E-state index in [0.29, 0.717) is 6.42 Å². The number of carbonyl (C=O) groups excluding carboxylic acids is 3. The molecule has 0 saturated carbocycles. The molecule has 0 amide bonds. The number of ketones is 2. The molecular formula is C21H36O4. The summed E-state index contributed by atoms with van der Waals surface area (Å²) < 4.78 is 4.82. The van der Waals surface area contributed by atoms with Gasteiger partial charge >= 0.3 is 5.97 Å². The summed E-state index contributed by atoms with van der Waals surface area (Å²) in [6.07, 6.45) is 15.8. The lowest BCUT2D eigenvalue weighted by Gasteiger charge is -2.04. The van der Waals surface area contributed by atoms with Crippen LogP contribution in [0.5, 0.6) is 0 Å². The highest BCUT2D eigenvalue weighted by atomic mass is 16.6. The summed E-state index contributed by atoms with van der Waals surface area (Å²) >= 11 is 0. The molecular weight excluding hydrogens is 316 g/mol. The average molecular weight is 353 g/mol. The third-order valence-corrected chi connectivity index (χ3v) is 5.06. The van der Waals surface area contributed by atoms with Crippen LogP contribution in [0.4, 0.5) is 0 Å². The fourth-order valence-electron chi connectivity index (χ4n) is 3.40. The van der Waals surface area contributed by atoms with Gasteiger partial charge in [0.15, 0.2) is 23.6 Å². The first-order chi connectivity index (χ1) is 12.1. The van der Waals surface area contributed by atoms with Crippen molar-refractivity contribution in [2.45, 2.75) is 110 Å². The van der Waals surface area contributed by atoms with Crippen LogP contribution >= 0.6 is 0 Å². The summed E-state index contributed by atoms with van der Waals surface area (Å²) in [5, 5.41) is 0. The molecule has 4 heteroatoms. The molecule has 144 valence electrons. The summed E-state index contributed by atoms with van der Waals surface area (Å²) in [4.78, 5) is 35.2. The van der Waals surface area contributed by atoms with Crippen LogP contribution in [0.15, 0.2) is 0 Å². The number of esters is 1. The molecule has 1 saturated heterocycles. The molecule has 2 atom stereocenters. The Bertz CT molecular complexity index is 416. The van der Waals surface area contributed by atoms with Gasteiger partial charge in [-0.3, -0.25) is 14.4 Å². The van der Waals surface area contributed by atoms with Gasteiger partial charge in [-0.15, -0.1) is 0 Å². The van der Waals surface area contributed by atoms with E-state index < -0.39 is 18.0 Å². The minimum atomic E-state index is -1.15. The molecule has 0 aliphatic carbocycles. The van der Waals surface area contributed by atoms with Crippen molar-refractivity contribution in [2.24, 2.45) is 5.92 Å². The molecule has 1 aliphatic heterocycles.